The lowest BCUT2D eigenvalue weighted by Gasteiger charge is -2.23. The van der Waals surface area contributed by atoms with Crippen LogP contribution in [0, 0.1) is 5.92 Å². The molecular weight excluding hydrogens is 208 g/mol. The van der Waals surface area contributed by atoms with Gasteiger partial charge in [0, 0.05) is 17.7 Å². The predicted molar refractivity (Wildman–Crippen MR) is 57.4 cm³/mol. The zero-order chi connectivity index (χ0) is 11.5. The molecule has 1 saturated carbocycles. The van der Waals surface area contributed by atoms with Gasteiger partial charge >= 0.3 is 0 Å². The first-order valence-electron chi connectivity index (χ1n) is 5.30. The van der Waals surface area contributed by atoms with E-state index in [-0.39, 0.29) is 11.8 Å². The van der Waals surface area contributed by atoms with Crippen LogP contribution >= 0.6 is 0 Å². The first-order chi connectivity index (χ1) is 7.66. The molecular formula is C11H14N2O3. The molecule has 0 atom stereocenters. The molecule has 2 rings (SSSR count). The zero-order valence-corrected chi connectivity index (χ0v) is 8.76. The summed E-state index contributed by atoms with van der Waals surface area (Å²) in [6, 6.07) is 2.95. The van der Waals surface area contributed by atoms with Crippen LogP contribution in [0.1, 0.15) is 31.1 Å². The average Bonchev–Trinajstić information content (AvgIpc) is 2.15. The van der Waals surface area contributed by atoms with Gasteiger partial charge in [0.25, 0.3) is 0 Å². The largest absolute Gasteiger partial charge is 0.364 e. The molecule has 0 bridgehead atoms. The molecule has 1 aliphatic carbocycles. The van der Waals surface area contributed by atoms with E-state index in [1.807, 2.05) is 0 Å². The quantitative estimate of drug-likeness (QED) is 0.661. The molecule has 0 aromatic carbocycles. The van der Waals surface area contributed by atoms with Crippen molar-refractivity contribution in [2.45, 2.75) is 25.6 Å². The molecule has 5 nitrogen and oxygen atoms in total. The molecule has 86 valence electrons. The third-order valence-corrected chi connectivity index (χ3v) is 2.81. The number of carbonyl (C=O) groups excluding carboxylic acids is 1. The Balaban J connectivity index is 2.03. The number of anilines is 1. The summed E-state index contributed by atoms with van der Waals surface area (Å²) in [5.74, 6) is 0.412. The summed E-state index contributed by atoms with van der Waals surface area (Å²) < 4.78 is 0. The van der Waals surface area contributed by atoms with Crippen LogP contribution in [0.2, 0.25) is 0 Å². The minimum atomic E-state index is -1.54. The minimum absolute atomic E-state index is 0.0386. The van der Waals surface area contributed by atoms with Gasteiger partial charge in [0.05, 0.1) is 0 Å². The number of pyridine rings is 1. The normalized spacial score (nSPS) is 15.9. The van der Waals surface area contributed by atoms with E-state index in [0.717, 1.165) is 19.3 Å². The number of aliphatic hydroxyl groups is 2. The highest BCUT2D eigenvalue weighted by molar-refractivity contribution is 5.92. The van der Waals surface area contributed by atoms with Gasteiger partial charge < -0.3 is 15.5 Å². The Bertz CT molecular complexity index is 389. The minimum Gasteiger partial charge on any atom is -0.364 e. The fourth-order valence-corrected chi connectivity index (χ4v) is 1.57. The molecule has 0 saturated heterocycles. The molecule has 3 N–H and O–H groups in total. The van der Waals surface area contributed by atoms with Crippen LogP contribution in [-0.2, 0) is 4.79 Å². The number of nitrogens with zero attached hydrogens (tertiary/aromatic N) is 1. The maximum absolute atomic E-state index is 11.6. The van der Waals surface area contributed by atoms with Crippen LogP contribution < -0.4 is 5.32 Å². The number of amides is 1. The van der Waals surface area contributed by atoms with E-state index in [0.29, 0.717) is 11.4 Å². The molecule has 5 heteroatoms. The van der Waals surface area contributed by atoms with Gasteiger partial charge in [-0.1, -0.05) is 6.42 Å². The van der Waals surface area contributed by atoms with E-state index >= 15 is 0 Å². The van der Waals surface area contributed by atoms with Gasteiger partial charge in [-0.05, 0) is 25.0 Å². The van der Waals surface area contributed by atoms with Gasteiger partial charge in [-0.15, -0.1) is 0 Å². The third-order valence-electron chi connectivity index (χ3n) is 2.81. The highest BCUT2D eigenvalue weighted by Crippen LogP contribution is 2.27. The summed E-state index contributed by atoms with van der Waals surface area (Å²) in [5, 5.41) is 20.6. The van der Waals surface area contributed by atoms with E-state index in [9.17, 15) is 4.79 Å². The van der Waals surface area contributed by atoms with E-state index in [4.69, 9.17) is 10.2 Å². The van der Waals surface area contributed by atoms with Crippen molar-refractivity contribution >= 4 is 11.7 Å². The lowest BCUT2D eigenvalue weighted by molar-refractivity contribution is -0.122. The maximum atomic E-state index is 11.6. The van der Waals surface area contributed by atoms with Crippen LogP contribution in [-0.4, -0.2) is 21.1 Å². The summed E-state index contributed by atoms with van der Waals surface area (Å²) in [6.07, 6.45) is 2.84. The molecule has 1 aliphatic rings. The maximum Gasteiger partial charge on any atom is 0.228 e. The number of nitrogens with one attached hydrogen (secondary N) is 1. The van der Waals surface area contributed by atoms with Crippen molar-refractivity contribution in [1.29, 1.82) is 0 Å². The Morgan fingerprint density at radius 2 is 2.25 bits per heavy atom. The third kappa shape index (κ3) is 2.37. The molecule has 1 heterocycles. The summed E-state index contributed by atoms with van der Waals surface area (Å²) >= 11 is 0. The summed E-state index contributed by atoms with van der Waals surface area (Å²) in [7, 11) is 0. The van der Waals surface area contributed by atoms with Gasteiger partial charge in [0.2, 0.25) is 5.91 Å². The monoisotopic (exact) mass is 222 g/mol. The number of aromatic nitrogens is 1. The second kappa shape index (κ2) is 4.59. The van der Waals surface area contributed by atoms with Crippen LogP contribution in [0.25, 0.3) is 0 Å². The van der Waals surface area contributed by atoms with Crippen molar-refractivity contribution < 1.29 is 15.0 Å². The molecule has 0 unspecified atom stereocenters. The number of rotatable bonds is 3. The highest BCUT2D eigenvalue weighted by Gasteiger charge is 2.25. The number of hydrogen-bond acceptors (Lipinski definition) is 4. The van der Waals surface area contributed by atoms with Gasteiger partial charge in [0.15, 0.2) is 6.29 Å². The van der Waals surface area contributed by atoms with Crippen LogP contribution in [0.3, 0.4) is 0 Å². The molecule has 1 fully saturated rings. The average molecular weight is 222 g/mol. The van der Waals surface area contributed by atoms with Crippen molar-refractivity contribution in [3.8, 4) is 0 Å². The van der Waals surface area contributed by atoms with Crippen molar-refractivity contribution in [1.82, 2.24) is 4.98 Å². The Morgan fingerprint density at radius 3 is 2.81 bits per heavy atom. The number of aliphatic hydroxyl groups excluding tert-OH is 1. The van der Waals surface area contributed by atoms with Gasteiger partial charge in [-0.25, -0.2) is 4.98 Å². The summed E-state index contributed by atoms with van der Waals surface area (Å²) in [6.45, 7) is 0. The van der Waals surface area contributed by atoms with E-state index in [2.05, 4.69) is 10.3 Å². The van der Waals surface area contributed by atoms with Crippen LogP contribution in [0.4, 0.5) is 5.82 Å². The van der Waals surface area contributed by atoms with Gasteiger partial charge in [-0.2, -0.15) is 0 Å². The second-order valence-electron chi connectivity index (χ2n) is 3.97. The number of hydrogen-bond donors (Lipinski definition) is 3. The topological polar surface area (TPSA) is 82.5 Å². The molecule has 1 amide bonds. The van der Waals surface area contributed by atoms with Crippen molar-refractivity contribution in [3.63, 3.8) is 0 Å². The van der Waals surface area contributed by atoms with E-state index in [1.54, 1.807) is 0 Å². The lowest BCUT2D eigenvalue weighted by atomic mass is 9.85. The molecule has 0 radical (unpaired) electrons. The SMILES string of the molecule is O=C(Nc1cc(C(O)O)ccn1)C1CCC1. The fraction of sp³-hybridized carbons (Fsp3) is 0.455. The highest BCUT2D eigenvalue weighted by atomic mass is 16.5. The Hall–Kier alpha value is -1.46. The van der Waals surface area contributed by atoms with Crippen molar-refractivity contribution in [3.05, 3.63) is 23.9 Å². The predicted octanol–water partition coefficient (Wildman–Crippen LogP) is 0.803. The second-order valence-corrected chi connectivity index (χ2v) is 3.97. The molecule has 16 heavy (non-hydrogen) atoms. The first kappa shape index (κ1) is 11.0. The van der Waals surface area contributed by atoms with E-state index in [1.165, 1.54) is 18.3 Å². The van der Waals surface area contributed by atoms with Gasteiger partial charge in [0.1, 0.15) is 5.82 Å². The molecule has 0 spiro atoms. The molecule has 1 aromatic heterocycles. The zero-order valence-electron chi connectivity index (χ0n) is 8.76. The number of carbonyl (C=O) groups is 1. The molecule has 0 aliphatic heterocycles. The Morgan fingerprint density at radius 1 is 1.50 bits per heavy atom. The van der Waals surface area contributed by atoms with Crippen molar-refractivity contribution in [2.75, 3.05) is 5.32 Å². The van der Waals surface area contributed by atoms with Crippen LogP contribution in [0.5, 0.6) is 0 Å². The van der Waals surface area contributed by atoms with Crippen LogP contribution in [0.15, 0.2) is 18.3 Å². The van der Waals surface area contributed by atoms with E-state index < -0.39 is 6.29 Å². The Kier molecular flexibility index (Phi) is 3.17. The fourth-order valence-electron chi connectivity index (χ4n) is 1.57. The standard InChI is InChI=1S/C11H14N2O3/c14-10(7-2-1-3-7)13-9-6-8(11(15)16)4-5-12-9/h4-7,11,15-16H,1-3H2,(H,12,13,14). The lowest BCUT2D eigenvalue weighted by Crippen LogP contribution is -2.28. The van der Waals surface area contributed by atoms with Gasteiger partial charge in [-0.3, -0.25) is 4.79 Å². The smallest absolute Gasteiger partial charge is 0.228 e. The van der Waals surface area contributed by atoms with Crippen molar-refractivity contribution in [2.24, 2.45) is 5.92 Å². The summed E-state index contributed by atoms with van der Waals surface area (Å²) in [4.78, 5) is 15.5. The first-order valence-corrected chi connectivity index (χ1v) is 5.30. The molecule has 1 aromatic rings. The Labute approximate surface area is 93.1 Å². The summed E-state index contributed by atoms with van der Waals surface area (Å²) in [5.41, 5.74) is 0.318.